The number of nitrogens with zero attached hydrogens (tertiary/aromatic N) is 4. The van der Waals surface area contributed by atoms with Crippen molar-refractivity contribution in [2.75, 3.05) is 6.54 Å². The van der Waals surface area contributed by atoms with E-state index in [1.54, 1.807) is 0 Å². The van der Waals surface area contributed by atoms with Crippen LogP contribution in [0.25, 0.3) is 0 Å². The lowest BCUT2D eigenvalue weighted by molar-refractivity contribution is -0.131. The molecule has 3 aliphatic rings. The lowest BCUT2D eigenvalue weighted by atomic mass is 9.88. The van der Waals surface area contributed by atoms with Gasteiger partial charge in [0.25, 0.3) is 0 Å². The molecule has 2 unspecified atom stereocenters. The van der Waals surface area contributed by atoms with Gasteiger partial charge in [-0.05, 0) is 64.0 Å². The minimum Gasteiger partial charge on any atom is -0.416 e. The third-order valence-corrected chi connectivity index (χ3v) is 9.87. The molecule has 4 heterocycles. The van der Waals surface area contributed by atoms with Gasteiger partial charge in [-0.25, -0.2) is 0 Å². The SMILES string of the molecule is CC(=O)Oc1ccc([C@H](CCN2C3CCC2CC(n2c(C)nnc2C(C)C)C3)NC(=O)C2CCCCC2)s1. The quantitative estimate of drug-likeness (QED) is 0.410. The summed E-state index contributed by atoms with van der Waals surface area (Å²) in [5.41, 5.74) is 0. The van der Waals surface area contributed by atoms with Crippen molar-refractivity contribution in [3.05, 3.63) is 28.7 Å². The maximum atomic E-state index is 13.2. The van der Waals surface area contributed by atoms with Gasteiger partial charge in [-0.15, -0.1) is 21.5 Å². The second kappa shape index (κ2) is 11.9. The summed E-state index contributed by atoms with van der Waals surface area (Å²) in [4.78, 5) is 28.5. The number of ether oxygens (including phenoxy) is 1. The first-order valence-corrected chi connectivity index (χ1v) is 15.4. The van der Waals surface area contributed by atoms with Crippen molar-refractivity contribution in [3.8, 4) is 5.06 Å². The number of carbonyl (C=O) groups excluding carboxylic acids is 2. The molecule has 3 atom stereocenters. The molecule has 0 spiro atoms. The van der Waals surface area contributed by atoms with Crippen LogP contribution in [0.5, 0.6) is 5.06 Å². The maximum absolute atomic E-state index is 13.2. The number of hydrogen-bond donors (Lipinski definition) is 1. The number of thiophene rings is 1. The third kappa shape index (κ3) is 5.98. The van der Waals surface area contributed by atoms with Crippen molar-refractivity contribution in [2.45, 2.75) is 122 Å². The number of piperidine rings is 1. The van der Waals surface area contributed by atoms with Gasteiger partial charge in [0.15, 0.2) is 5.06 Å². The lowest BCUT2D eigenvalue weighted by Gasteiger charge is -2.40. The number of carbonyl (C=O) groups is 2. The highest BCUT2D eigenvalue weighted by molar-refractivity contribution is 7.14. The fourth-order valence-corrected chi connectivity index (χ4v) is 7.97. The number of fused-ring (bicyclic) bond motifs is 2. The molecular formula is C29H43N5O3S. The number of nitrogens with one attached hydrogen (secondary N) is 1. The summed E-state index contributed by atoms with van der Waals surface area (Å²) >= 11 is 1.47. The number of esters is 1. The molecule has 2 bridgehead atoms. The van der Waals surface area contributed by atoms with E-state index in [0.29, 0.717) is 29.1 Å². The zero-order valence-electron chi connectivity index (χ0n) is 23.3. The van der Waals surface area contributed by atoms with Gasteiger partial charge in [0.2, 0.25) is 5.91 Å². The standard InChI is InChI=1S/C29H43N5O3S/c1-18(2)28-32-31-19(3)34(28)24-16-22-10-11-23(17-24)33(22)15-14-25(26-12-13-27(38-26)37-20(4)35)30-29(36)21-8-6-5-7-9-21/h12-13,18,21-25H,5-11,14-17H2,1-4H3,(H,30,36)/t22?,23?,24?,25-/m0/s1. The minimum absolute atomic E-state index is 0.0662. The molecular weight excluding hydrogens is 498 g/mol. The summed E-state index contributed by atoms with van der Waals surface area (Å²) in [6.45, 7) is 8.85. The lowest BCUT2D eigenvalue weighted by Crippen LogP contribution is -2.45. The second-order valence-corrected chi connectivity index (χ2v) is 12.9. The molecule has 2 aromatic rings. The Hall–Kier alpha value is -2.26. The summed E-state index contributed by atoms with van der Waals surface area (Å²) in [6, 6.07) is 5.36. The Kier molecular flexibility index (Phi) is 8.53. The van der Waals surface area contributed by atoms with Crippen LogP contribution >= 0.6 is 11.3 Å². The normalized spacial score (nSPS) is 25.0. The van der Waals surface area contributed by atoms with E-state index in [9.17, 15) is 9.59 Å². The number of hydrogen-bond acceptors (Lipinski definition) is 7. The summed E-state index contributed by atoms with van der Waals surface area (Å²) in [6.07, 6.45) is 11.1. The van der Waals surface area contributed by atoms with E-state index >= 15 is 0 Å². The monoisotopic (exact) mass is 541 g/mol. The van der Waals surface area contributed by atoms with Crippen LogP contribution in [0, 0.1) is 12.8 Å². The third-order valence-electron chi connectivity index (χ3n) is 8.79. The van der Waals surface area contributed by atoms with E-state index in [2.05, 4.69) is 45.8 Å². The van der Waals surface area contributed by atoms with Gasteiger partial charge in [-0.3, -0.25) is 14.5 Å². The number of aromatic nitrogens is 3. The Morgan fingerprint density at radius 2 is 1.76 bits per heavy atom. The largest absolute Gasteiger partial charge is 0.416 e. The van der Waals surface area contributed by atoms with Crippen LogP contribution in [0.15, 0.2) is 12.1 Å². The van der Waals surface area contributed by atoms with Crippen molar-refractivity contribution in [1.29, 1.82) is 0 Å². The molecule has 1 saturated carbocycles. The van der Waals surface area contributed by atoms with E-state index in [0.717, 1.165) is 68.0 Å². The van der Waals surface area contributed by atoms with Crippen molar-refractivity contribution in [3.63, 3.8) is 0 Å². The molecule has 1 amide bonds. The van der Waals surface area contributed by atoms with Crippen molar-refractivity contribution in [2.24, 2.45) is 5.92 Å². The molecule has 2 aliphatic heterocycles. The first-order chi connectivity index (χ1) is 18.3. The molecule has 0 aromatic carbocycles. The van der Waals surface area contributed by atoms with Crippen LogP contribution < -0.4 is 10.1 Å². The number of aryl methyl sites for hydroxylation is 1. The van der Waals surface area contributed by atoms with Crippen LogP contribution in [0.3, 0.4) is 0 Å². The number of rotatable bonds is 9. The van der Waals surface area contributed by atoms with Crippen molar-refractivity contribution >= 4 is 23.2 Å². The molecule has 208 valence electrons. The van der Waals surface area contributed by atoms with Crippen LogP contribution in [-0.2, 0) is 9.59 Å². The summed E-state index contributed by atoms with van der Waals surface area (Å²) in [7, 11) is 0. The summed E-state index contributed by atoms with van der Waals surface area (Å²) in [5.74, 6) is 2.48. The summed E-state index contributed by atoms with van der Waals surface area (Å²) < 4.78 is 7.74. The molecule has 1 aliphatic carbocycles. The zero-order chi connectivity index (χ0) is 26.8. The highest BCUT2D eigenvalue weighted by Gasteiger charge is 2.42. The van der Waals surface area contributed by atoms with E-state index in [-0.39, 0.29) is 23.8 Å². The molecule has 2 saturated heterocycles. The van der Waals surface area contributed by atoms with E-state index in [1.165, 1.54) is 37.5 Å². The topological polar surface area (TPSA) is 89.3 Å². The molecule has 0 radical (unpaired) electrons. The van der Waals surface area contributed by atoms with E-state index in [1.807, 2.05) is 12.1 Å². The van der Waals surface area contributed by atoms with Gasteiger partial charge < -0.3 is 14.6 Å². The van der Waals surface area contributed by atoms with E-state index in [4.69, 9.17) is 4.74 Å². The Labute approximate surface area is 230 Å². The Morgan fingerprint density at radius 3 is 2.42 bits per heavy atom. The minimum atomic E-state index is -0.315. The fraction of sp³-hybridized carbons (Fsp3) is 0.724. The smallest absolute Gasteiger partial charge is 0.308 e. The van der Waals surface area contributed by atoms with Gasteiger partial charge >= 0.3 is 5.97 Å². The molecule has 2 aromatic heterocycles. The van der Waals surface area contributed by atoms with Gasteiger partial charge in [-0.2, -0.15) is 0 Å². The highest BCUT2D eigenvalue weighted by atomic mass is 32.1. The predicted molar refractivity (Wildman–Crippen MR) is 148 cm³/mol. The summed E-state index contributed by atoms with van der Waals surface area (Å²) in [5, 5.41) is 12.9. The average Bonchev–Trinajstić information content (AvgIpc) is 3.57. The highest BCUT2D eigenvalue weighted by Crippen LogP contribution is 2.43. The molecule has 5 rings (SSSR count). The van der Waals surface area contributed by atoms with Crippen molar-refractivity contribution in [1.82, 2.24) is 25.0 Å². The Bertz CT molecular complexity index is 1110. The predicted octanol–water partition coefficient (Wildman–Crippen LogP) is 5.69. The Morgan fingerprint density at radius 1 is 1.05 bits per heavy atom. The molecule has 9 heteroatoms. The second-order valence-electron chi connectivity index (χ2n) is 11.8. The van der Waals surface area contributed by atoms with Gasteiger partial charge in [-0.1, -0.05) is 33.1 Å². The maximum Gasteiger partial charge on any atom is 0.308 e. The van der Waals surface area contributed by atoms with Gasteiger partial charge in [0.05, 0.1) is 6.04 Å². The number of amides is 1. The van der Waals surface area contributed by atoms with Gasteiger partial charge in [0, 0.05) is 48.3 Å². The molecule has 1 N–H and O–H groups in total. The van der Waals surface area contributed by atoms with Crippen LogP contribution in [0.4, 0.5) is 0 Å². The average molecular weight is 542 g/mol. The molecule has 38 heavy (non-hydrogen) atoms. The zero-order valence-corrected chi connectivity index (χ0v) is 24.1. The fourth-order valence-electron chi connectivity index (χ4n) is 6.99. The van der Waals surface area contributed by atoms with Crippen LogP contribution in [0.1, 0.15) is 120 Å². The molecule has 3 fully saturated rings. The van der Waals surface area contributed by atoms with E-state index < -0.39 is 0 Å². The van der Waals surface area contributed by atoms with Crippen LogP contribution in [0.2, 0.25) is 0 Å². The first-order valence-electron chi connectivity index (χ1n) is 14.6. The molecule has 8 nitrogen and oxygen atoms in total. The van der Waals surface area contributed by atoms with Crippen molar-refractivity contribution < 1.29 is 14.3 Å². The van der Waals surface area contributed by atoms with Crippen LogP contribution in [-0.4, -0.2) is 50.2 Å². The first kappa shape index (κ1) is 27.3. The Balaban J connectivity index is 1.27. The van der Waals surface area contributed by atoms with Gasteiger partial charge in [0.1, 0.15) is 11.6 Å².